The third-order valence-corrected chi connectivity index (χ3v) is 4.47. The number of carbonyl (C=O) groups is 1. The molecular formula is C16H12ClNOS. The summed E-state index contributed by atoms with van der Waals surface area (Å²) in [6.45, 7) is 0. The summed E-state index contributed by atoms with van der Waals surface area (Å²) in [5, 5.41) is 3.72. The molecule has 2 aromatic carbocycles. The number of carbonyl (C=O) groups excluding carboxylic acids is 1. The van der Waals surface area contributed by atoms with Gasteiger partial charge in [-0.05, 0) is 40.6 Å². The largest absolute Gasteiger partial charge is 0.398 e. The molecule has 0 radical (unpaired) electrons. The highest BCUT2D eigenvalue weighted by Crippen LogP contribution is 2.27. The van der Waals surface area contributed by atoms with Crippen molar-refractivity contribution < 1.29 is 4.79 Å². The standard InChI is InChI=1S/C16H12ClNOS/c17-11-5-6-13(14(18)8-11)15(19)7-10-9-20-16-4-2-1-3-12(10)16/h1-6,8-9H,7,18H2. The smallest absolute Gasteiger partial charge is 0.169 e. The number of halogens is 1. The van der Waals surface area contributed by atoms with E-state index in [1.165, 1.54) is 4.70 Å². The summed E-state index contributed by atoms with van der Waals surface area (Å²) in [6.07, 6.45) is 0.357. The number of Topliss-reactive ketones (excluding diaryl/α,β-unsaturated/α-hetero) is 1. The minimum Gasteiger partial charge on any atom is -0.398 e. The molecule has 0 aliphatic rings. The maximum Gasteiger partial charge on any atom is 0.169 e. The first-order chi connectivity index (χ1) is 9.65. The number of thiophene rings is 1. The van der Waals surface area contributed by atoms with Crippen molar-refractivity contribution in [3.05, 3.63) is 64.0 Å². The van der Waals surface area contributed by atoms with Crippen LogP contribution in [-0.2, 0) is 6.42 Å². The van der Waals surface area contributed by atoms with Crippen LogP contribution >= 0.6 is 22.9 Å². The SMILES string of the molecule is Nc1cc(Cl)ccc1C(=O)Cc1csc2ccccc12. The quantitative estimate of drug-likeness (QED) is 0.569. The van der Waals surface area contributed by atoms with Crippen LogP contribution in [0.3, 0.4) is 0 Å². The van der Waals surface area contributed by atoms with E-state index in [-0.39, 0.29) is 5.78 Å². The topological polar surface area (TPSA) is 43.1 Å². The van der Waals surface area contributed by atoms with E-state index in [0.29, 0.717) is 22.7 Å². The number of hydrogen-bond donors (Lipinski definition) is 1. The maximum atomic E-state index is 12.4. The van der Waals surface area contributed by atoms with Crippen LogP contribution in [-0.4, -0.2) is 5.78 Å². The van der Waals surface area contributed by atoms with E-state index >= 15 is 0 Å². The molecule has 2 N–H and O–H groups in total. The molecule has 1 aromatic heterocycles. The lowest BCUT2D eigenvalue weighted by atomic mass is 10.0. The van der Waals surface area contributed by atoms with Gasteiger partial charge in [-0.3, -0.25) is 4.79 Å². The molecule has 2 nitrogen and oxygen atoms in total. The number of hydrogen-bond acceptors (Lipinski definition) is 3. The van der Waals surface area contributed by atoms with E-state index in [1.54, 1.807) is 29.5 Å². The van der Waals surface area contributed by atoms with Crippen molar-refractivity contribution in [1.82, 2.24) is 0 Å². The Bertz CT molecular complexity index is 794. The average molecular weight is 302 g/mol. The van der Waals surface area contributed by atoms with Crippen LogP contribution in [0, 0.1) is 0 Å². The Balaban J connectivity index is 1.92. The van der Waals surface area contributed by atoms with E-state index in [0.717, 1.165) is 10.9 Å². The lowest BCUT2D eigenvalue weighted by molar-refractivity contribution is 0.0994. The van der Waals surface area contributed by atoms with Crippen LogP contribution in [0.15, 0.2) is 47.8 Å². The second kappa shape index (κ2) is 5.27. The molecule has 20 heavy (non-hydrogen) atoms. The second-order valence-corrected chi connectivity index (χ2v) is 5.94. The zero-order chi connectivity index (χ0) is 14.1. The molecule has 0 spiro atoms. The van der Waals surface area contributed by atoms with Crippen LogP contribution in [0.5, 0.6) is 0 Å². The van der Waals surface area contributed by atoms with Gasteiger partial charge in [-0.1, -0.05) is 29.8 Å². The summed E-state index contributed by atoms with van der Waals surface area (Å²) in [5.41, 5.74) is 7.87. The molecule has 1 heterocycles. The molecule has 0 unspecified atom stereocenters. The molecule has 100 valence electrons. The van der Waals surface area contributed by atoms with Crippen molar-refractivity contribution >= 4 is 44.5 Å². The fourth-order valence-electron chi connectivity index (χ4n) is 2.23. The van der Waals surface area contributed by atoms with Crippen molar-refractivity contribution in [2.75, 3.05) is 5.73 Å². The molecule has 0 bridgehead atoms. The van der Waals surface area contributed by atoms with Gasteiger partial charge in [0.25, 0.3) is 0 Å². The van der Waals surface area contributed by atoms with Crippen molar-refractivity contribution in [3.63, 3.8) is 0 Å². The van der Waals surface area contributed by atoms with Gasteiger partial charge in [-0.25, -0.2) is 0 Å². The Kier molecular flexibility index (Phi) is 3.47. The van der Waals surface area contributed by atoms with Crippen LogP contribution in [0.4, 0.5) is 5.69 Å². The fourth-order valence-corrected chi connectivity index (χ4v) is 3.37. The summed E-state index contributed by atoms with van der Waals surface area (Å²) >= 11 is 7.51. The van der Waals surface area contributed by atoms with Crippen molar-refractivity contribution in [2.24, 2.45) is 0 Å². The van der Waals surface area contributed by atoms with Crippen LogP contribution in [0.2, 0.25) is 5.02 Å². The average Bonchev–Trinajstić information content (AvgIpc) is 2.82. The Morgan fingerprint density at radius 1 is 1.20 bits per heavy atom. The highest BCUT2D eigenvalue weighted by atomic mass is 35.5. The maximum absolute atomic E-state index is 12.4. The van der Waals surface area contributed by atoms with Gasteiger partial charge >= 0.3 is 0 Å². The van der Waals surface area contributed by atoms with Gasteiger partial charge in [0, 0.05) is 27.4 Å². The number of fused-ring (bicyclic) bond motifs is 1. The molecular weight excluding hydrogens is 290 g/mol. The molecule has 0 aliphatic heterocycles. The zero-order valence-corrected chi connectivity index (χ0v) is 12.2. The van der Waals surface area contributed by atoms with Crippen molar-refractivity contribution in [1.29, 1.82) is 0 Å². The molecule has 0 amide bonds. The minimum absolute atomic E-state index is 0.0164. The van der Waals surface area contributed by atoms with E-state index in [9.17, 15) is 4.79 Å². The highest BCUT2D eigenvalue weighted by Gasteiger charge is 2.13. The van der Waals surface area contributed by atoms with Gasteiger partial charge in [0.1, 0.15) is 0 Å². The first-order valence-corrected chi connectivity index (χ1v) is 7.44. The Morgan fingerprint density at radius 3 is 2.80 bits per heavy atom. The van der Waals surface area contributed by atoms with Gasteiger partial charge in [0.15, 0.2) is 5.78 Å². The number of benzene rings is 2. The summed E-state index contributed by atoms with van der Waals surface area (Å²) in [7, 11) is 0. The van der Waals surface area contributed by atoms with E-state index in [1.807, 2.05) is 23.6 Å². The lowest BCUT2D eigenvalue weighted by Crippen LogP contribution is -2.06. The molecule has 3 rings (SSSR count). The van der Waals surface area contributed by atoms with Gasteiger partial charge in [-0.15, -0.1) is 11.3 Å². The fraction of sp³-hybridized carbons (Fsp3) is 0.0625. The van der Waals surface area contributed by atoms with E-state index in [2.05, 4.69) is 6.07 Å². The van der Waals surface area contributed by atoms with Crippen LogP contribution < -0.4 is 5.73 Å². The Labute approximate surface area is 125 Å². The summed E-state index contributed by atoms with van der Waals surface area (Å²) in [6, 6.07) is 13.1. The normalized spacial score (nSPS) is 10.8. The van der Waals surface area contributed by atoms with Crippen LogP contribution in [0.1, 0.15) is 15.9 Å². The molecule has 0 aliphatic carbocycles. The lowest BCUT2D eigenvalue weighted by Gasteiger charge is -2.05. The molecule has 0 saturated carbocycles. The second-order valence-electron chi connectivity index (χ2n) is 4.59. The summed E-state index contributed by atoms with van der Waals surface area (Å²) < 4.78 is 1.19. The Hall–Kier alpha value is -1.84. The van der Waals surface area contributed by atoms with Gasteiger partial charge in [-0.2, -0.15) is 0 Å². The van der Waals surface area contributed by atoms with Gasteiger partial charge in [0.05, 0.1) is 0 Å². The van der Waals surface area contributed by atoms with Gasteiger partial charge in [0.2, 0.25) is 0 Å². The third kappa shape index (κ3) is 2.42. The first-order valence-electron chi connectivity index (χ1n) is 6.18. The summed E-state index contributed by atoms with van der Waals surface area (Å²) in [5.74, 6) is 0.0164. The summed E-state index contributed by atoms with van der Waals surface area (Å²) in [4.78, 5) is 12.4. The molecule has 0 fully saturated rings. The monoisotopic (exact) mass is 301 g/mol. The predicted octanol–water partition coefficient (Wildman–Crippen LogP) is 4.56. The molecule has 0 saturated heterocycles. The van der Waals surface area contributed by atoms with Crippen LogP contribution in [0.25, 0.3) is 10.1 Å². The number of rotatable bonds is 3. The van der Waals surface area contributed by atoms with Gasteiger partial charge < -0.3 is 5.73 Å². The predicted molar refractivity (Wildman–Crippen MR) is 85.7 cm³/mol. The Morgan fingerprint density at radius 2 is 2.00 bits per heavy atom. The van der Waals surface area contributed by atoms with E-state index < -0.39 is 0 Å². The van der Waals surface area contributed by atoms with Crippen molar-refractivity contribution in [3.8, 4) is 0 Å². The van der Waals surface area contributed by atoms with E-state index in [4.69, 9.17) is 17.3 Å². The molecule has 3 aromatic rings. The first kappa shape index (κ1) is 13.2. The third-order valence-electron chi connectivity index (χ3n) is 3.23. The number of ketones is 1. The number of nitrogens with two attached hydrogens (primary N) is 1. The molecule has 0 atom stereocenters. The zero-order valence-electron chi connectivity index (χ0n) is 10.6. The molecule has 4 heteroatoms. The van der Waals surface area contributed by atoms with Crippen molar-refractivity contribution in [2.45, 2.75) is 6.42 Å². The highest BCUT2D eigenvalue weighted by molar-refractivity contribution is 7.17. The minimum atomic E-state index is 0.0164. The number of nitrogen functional groups attached to an aromatic ring is 1. The number of anilines is 1.